The average Bonchev–Trinajstić information content (AvgIpc) is 2.61. The maximum absolute atomic E-state index is 14.6. The van der Waals surface area contributed by atoms with E-state index >= 15 is 0 Å². The lowest BCUT2D eigenvalue weighted by Crippen LogP contribution is -2.49. The van der Waals surface area contributed by atoms with Crippen LogP contribution in [0.2, 0.25) is 0 Å². The minimum Gasteiger partial charge on any atom is -0.487 e. The first-order chi connectivity index (χ1) is 13.4. The van der Waals surface area contributed by atoms with E-state index < -0.39 is 23.3 Å². The topological polar surface area (TPSA) is 68.2 Å². The third kappa shape index (κ3) is 6.95. The molecule has 0 amide bonds. The Kier molecular flexibility index (Phi) is 8.13. The second kappa shape index (κ2) is 9.77. The van der Waals surface area contributed by atoms with E-state index in [4.69, 9.17) is 14.1 Å². The largest absolute Gasteiger partial charge is 0.487 e. The predicted molar refractivity (Wildman–Crippen MR) is 112 cm³/mol. The SMILES string of the molecule is CC(C)OC(O)[C@H]1CCC[C@H](Oc2ccc([B]OC(C)(C)C(C)(C)O)cc2F)C1. The molecule has 5 nitrogen and oxygen atoms in total. The standard InChI is InChI=1S/C22H35BFO5/c1-14(2)27-20(25)15-8-7-9-17(12-15)28-19-11-10-16(13-18(19)24)23-29-22(5,6)21(3,4)26/h10-11,13-15,17,20,25-26H,7-9,12H2,1-6H3/t15-,17-,20?/m0/s1. The highest BCUT2D eigenvalue weighted by Gasteiger charge is 2.36. The number of ether oxygens (including phenoxy) is 2. The molecule has 1 fully saturated rings. The highest BCUT2D eigenvalue weighted by atomic mass is 19.1. The molecule has 163 valence electrons. The summed E-state index contributed by atoms with van der Waals surface area (Å²) in [6.45, 7) is 10.7. The number of aliphatic hydroxyl groups excluding tert-OH is 1. The van der Waals surface area contributed by atoms with Crippen LogP contribution in [-0.4, -0.2) is 47.4 Å². The second-order valence-electron chi connectivity index (χ2n) is 9.24. The van der Waals surface area contributed by atoms with E-state index in [2.05, 4.69) is 0 Å². The Morgan fingerprint density at radius 3 is 2.45 bits per heavy atom. The normalized spacial score (nSPS) is 21.9. The van der Waals surface area contributed by atoms with Crippen molar-refractivity contribution in [3.63, 3.8) is 0 Å². The van der Waals surface area contributed by atoms with Crippen LogP contribution in [-0.2, 0) is 9.39 Å². The molecule has 0 spiro atoms. The summed E-state index contributed by atoms with van der Waals surface area (Å²) < 4.78 is 31.6. The molecule has 2 rings (SSSR count). The van der Waals surface area contributed by atoms with Crippen molar-refractivity contribution in [2.45, 2.75) is 96.9 Å². The van der Waals surface area contributed by atoms with Crippen LogP contribution >= 0.6 is 0 Å². The van der Waals surface area contributed by atoms with Gasteiger partial charge in [0, 0.05) is 5.92 Å². The molecule has 0 saturated heterocycles. The van der Waals surface area contributed by atoms with E-state index in [9.17, 15) is 14.6 Å². The lowest BCUT2D eigenvalue weighted by atomic mass is 9.82. The molecule has 0 heterocycles. The number of hydrogen-bond donors (Lipinski definition) is 2. The Morgan fingerprint density at radius 1 is 1.17 bits per heavy atom. The number of halogens is 1. The van der Waals surface area contributed by atoms with E-state index in [0.717, 1.165) is 19.3 Å². The van der Waals surface area contributed by atoms with Crippen LogP contribution in [0.15, 0.2) is 18.2 Å². The first kappa shape index (κ1) is 24.1. The van der Waals surface area contributed by atoms with Gasteiger partial charge < -0.3 is 24.3 Å². The van der Waals surface area contributed by atoms with Gasteiger partial charge in [-0.05, 0) is 79.4 Å². The van der Waals surface area contributed by atoms with Crippen molar-refractivity contribution in [3.05, 3.63) is 24.0 Å². The molecule has 0 aromatic heterocycles. The van der Waals surface area contributed by atoms with Crippen LogP contribution in [0.25, 0.3) is 0 Å². The molecule has 7 heteroatoms. The Labute approximate surface area is 174 Å². The van der Waals surface area contributed by atoms with Gasteiger partial charge in [0.15, 0.2) is 17.9 Å². The van der Waals surface area contributed by atoms with Crippen LogP contribution < -0.4 is 10.2 Å². The molecule has 0 aliphatic heterocycles. The molecule has 2 N–H and O–H groups in total. The molecule has 1 radical (unpaired) electrons. The Morgan fingerprint density at radius 2 is 1.86 bits per heavy atom. The first-order valence-corrected chi connectivity index (χ1v) is 10.4. The van der Waals surface area contributed by atoms with Gasteiger partial charge in [0.05, 0.1) is 23.4 Å². The van der Waals surface area contributed by atoms with Crippen LogP contribution in [0.4, 0.5) is 4.39 Å². The molecule has 1 aliphatic carbocycles. The minimum atomic E-state index is -1.05. The van der Waals surface area contributed by atoms with Crippen LogP contribution in [0.5, 0.6) is 5.75 Å². The molecule has 3 atom stereocenters. The zero-order valence-electron chi connectivity index (χ0n) is 18.4. The average molecular weight is 409 g/mol. The van der Waals surface area contributed by atoms with E-state index in [0.29, 0.717) is 11.9 Å². The highest BCUT2D eigenvalue weighted by molar-refractivity contribution is 6.47. The number of hydrogen-bond acceptors (Lipinski definition) is 5. The van der Waals surface area contributed by atoms with Crippen LogP contribution in [0.1, 0.15) is 67.2 Å². The van der Waals surface area contributed by atoms with Gasteiger partial charge in [-0.1, -0.05) is 11.5 Å². The van der Waals surface area contributed by atoms with Gasteiger partial charge in [0.2, 0.25) is 0 Å². The molecule has 0 bridgehead atoms. The molecule has 1 unspecified atom stereocenters. The number of aliphatic hydroxyl groups is 2. The molecule has 1 saturated carbocycles. The Hall–Kier alpha value is -1.15. The zero-order chi connectivity index (χ0) is 21.8. The number of benzene rings is 1. The molecule has 1 aromatic rings. The Bertz CT molecular complexity index is 659. The van der Waals surface area contributed by atoms with Crippen LogP contribution in [0.3, 0.4) is 0 Å². The zero-order valence-corrected chi connectivity index (χ0v) is 18.4. The van der Waals surface area contributed by atoms with Crippen molar-refractivity contribution in [3.8, 4) is 5.75 Å². The molecular formula is C22H35BFO5. The number of rotatable bonds is 9. The second-order valence-corrected chi connectivity index (χ2v) is 9.24. The smallest absolute Gasteiger partial charge is 0.331 e. The monoisotopic (exact) mass is 409 g/mol. The molecular weight excluding hydrogens is 374 g/mol. The fourth-order valence-corrected chi connectivity index (χ4v) is 3.16. The van der Waals surface area contributed by atoms with Crippen LogP contribution in [0, 0.1) is 11.7 Å². The van der Waals surface area contributed by atoms with Gasteiger partial charge in [-0.2, -0.15) is 0 Å². The Balaban J connectivity index is 1.95. The fraction of sp³-hybridized carbons (Fsp3) is 0.727. The van der Waals surface area contributed by atoms with Crippen molar-refractivity contribution in [2.75, 3.05) is 0 Å². The fourth-order valence-electron chi connectivity index (χ4n) is 3.16. The summed E-state index contributed by atoms with van der Waals surface area (Å²) in [6, 6.07) is 4.66. The lowest BCUT2D eigenvalue weighted by Gasteiger charge is -2.37. The molecule has 29 heavy (non-hydrogen) atoms. The summed E-state index contributed by atoms with van der Waals surface area (Å²) >= 11 is 0. The van der Waals surface area contributed by atoms with Gasteiger partial charge >= 0.3 is 7.48 Å². The maximum atomic E-state index is 14.6. The summed E-state index contributed by atoms with van der Waals surface area (Å²) in [7, 11) is 1.45. The minimum absolute atomic E-state index is 0.00992. The van der Waals surface area contributed by atoms with Crippen molar-refractivity contribution in [1.82, 2.24) is 0 Å². The van der Waals surface area contributed by atoms with Gasteiger partial charge in [-0.3, -0.25) is 0 Å². The van der Waals surface area contributed by atoms with Crippen molar-refractivity contribution in [2.24, 2.45) is 5.92 Å². The van der Waals surface area contributed by atoms with Gasteiger partial charge in [0.25, 0.3) is 0 Å². The van der Waals surface area contributed by atoms with Crippen molar-refractivity contribution < 1.29 is 28.7 Å². The lowest BCUT2D eigenvalue weighted by molar-refractivity contribution is -0.167. The van der Waals surface area contributed by atoms with Crippen molar-refractivity contribution in [1.29, 1.82) is 0 Å². The van der Waals surface area contributed by atoms with Gasteiger partial charge in [-0.15, -0.1) is 0 Å². The highest BCUT2D eigenvalue weighted by Crippen LogP contribution is 2.31. The maximum Gasteiger partial charge on any atom is 0.331 e. The quantitative estimate of drug-likeness (QED) is 0.484. The van der Waals surface area contributed by atoms with Crippen molar-refractivity contribution >= 4 is 12.9 Å². The summed E-state index contributed by atoms with van der Waals surface area (Å²) in [5.74, 6) is -0.289. The first-order valence-electron chi connectivity index (χ1n) is 10.4. The van der Waals surface area contributed by atoms with E-state index in [1.165, 1.54) is 13.5 Å². The van der Waals surface area contributed by atoms with Gasteiger partial charge in [-0.25, -0.2) is 4.39 Å². The summed E-state index contributed by atoms with van der Waals surface area (Å²) in [5.41, 5.74) is -1.32. The summed E-state index contributed by atoms with van der Waals surface area (Å²) in [6.07, 6.45) is 2.20. The van der Waals surface area contributed by atoms with E-state index in [-0.39, 0.29) is 23.9 Å². The van der Waals surface area contributed by atoms with E-state index in [1.807, 2.05) is 13.8 Å². The third-order valence-corrected chi connectivity index (χ3v) is 5.69. The van der Waals surface area contributed by atoms with E-state index in [1.54, 1.807) is 39.8 Å². The molecule has 1 aliphatic rings. The third-order valence-electron chi connectivity index (χ3n) is 5.69. The molecule has 1 aromatic carbocycles. The summed E-state index contributed by atoms with van der Waals surface area (Å²) in [5, 5.41) is 20.4. The van der Waals surface area contributed by atoms with Gasteiger partial charge in [0.1, 0.15) is 0 Å². The predicted octanol–water partition coefficient (Wildman–Crippen LogP) is 3.32. The summed E-state index contributed by atoms with van der Waals surface area (Å²) in [4.78, 5) is 0.